The molecule has 0 aliphatic heterocycles. The van der Waals surface area contributed by atoms with E-state index in [0.717, 1.165) is 65.6 Å². The monoisotopic (exact) mass is 550 g/mol. The van der Waals surface area contributed by atoms with Crippen molar-refractivity contribution in [2.24, 2.45) is 5.41 Å². The van der Waals surface area contributed by atoms with Crippen molar-refractivity contribution in [3.63, 3.8) is 0 Å². The molecule has 1 atom stereocenters. The van der Waals surface area contributed by atoms with Gasteiger partial charge in [-0.1, -0.05) is 32.9 Å². The number of Topliss-reactive ketones (excluding diaryl/α,β-unsaturated/α-hetero) is 1. The minimum atomic E-state index is -0.678. The van der Waals surface area contributed by atoms with Crippen LogP contribution in [0.2, 0.25) is 0 Å². The van der Waals surface area contributed by atoms with E-state index in [1.165, 1.54) is 11.3 Å². The summed E-state index contributed by atoms with van der Waals surface area (Å²) in [6.45, 7) is 7.87. The Hall–Kier alpha value is -4.34. The maximum absolute atomic E-state index is 11.9. The zero-order valence-corrected chi connectivity index (χ0v) is 23.6. The number of hydrogen-bond donors (Lipinski definition) is 4. The van der Waals surface area contributed by atoms with Gasteiger partial charge in [0.05, 0.1) is 33.7 Å². The summed E-state index contributed by atoms with van der Waals surface area (Å²) in [6.07, 6.45) is 3.40. The number of nitrogens with one attached hydrogen (secondary N) is 3. The Balaban J connectivity index is 1.35. The predicted octanol–water partition coefficient (Wildman–Crippen LogP) is 7.27. The van der Waals surface area contributed by atoms with Crippen LogP contribution in [0.5, 0.6) is 0 Å². The van der Waals surface area contributed by atoms with Crippen LogP contribution in [0.3, 0.4) is 0 Å². The van der Waals surface area contributed by atoms with Crippen molar-refractivity contribution in [3.8, 4) is 33.1 Å². The van der Waals surface area contributed by atoms with Crippen molar-refractivity contribution in [3.05, 3.63) is 71.9 Å². The summed E-state index contributed by atoms with van der Waals surface area (Å²) in [5.41, 5.74) is 7.49. The molecule has 1 unspecified atom stereocenters. The number of rotatable bonds is 7. The summed E-state index contributed by atoms with van der Waals surface area (Å²) in [4.78, 5) is 26.5. The first-order chi connectivity index (χ1) is 19.1. The van der Waals surface area contributed by atoms with Gasteiger partial charge in [0.1, 0.15) is 17.4 Å². The van der Waals surface area contributed by atoms with Gasteiger partial charge in [-0.15, -0.1) is 11.3 Å². The molecule has 5 heterocycles. The average molecular weight is 551 g/mol. The summed E-state index contributed by atoms with van der Waals surface area (Å²) < 4.78 is 0. The number of aromatic amines is 2. The molecule has 40 heavy (non-hydrogen) atoms. The number of aromatic nitrogens is 5. The molecule has 8 nitrogen and oxygen atoms in total. The quantitative estimate of drug-likeness (QED) is 0.123. The topological polar surface area (TPSA) is 120 Å². The number of benzene rings is 1. The van der Waals surface area contributed by atoms with Crippen LogP contribution in [0.25, 0.3) is 55.0 Å². The summed E-state index contributed by atoms with van der Waals surface area (Å²) in [6, 6.07) is 17.9. The lowest BCUT2D eigenvalue weighted by Gasteiger charge is -2.23. The van der Waals surface area contributed by atoms with Gasteiger partial charge in [0, 0.05) is 33.1 Å². The van der Waals surface area contributed by atoms with Crippen LogP contribution in [0.1, 0.15) is 43.8 Å². The first-order valence-corrected chi connectivity index (χ1v) is 13.9. The molecule has 0 saturated heterocycles. The van der Waals surface area contributed by atoms with Gasteiger partial charge >= 0.3 is 0 Å². The molecule has 4 N–H and O–H groups in total. The van der Waals surface area contributed by atoms with Crippen molar-refractivity contribution in [1.29, 1.82) is 0 Å². The number of thiophene rings is 1. The van der Waals surface area contributed by atoms with Crippen LogP contribution < -0.4 is 5.32 Å². The minimum Gasteiger partial charge on any atom is -0.374 e. The second-order valence-corrected chi connectivity index (χ2v) is 12.3. The molecule has 6 aromatic rings. The Labute approximate surface area is 235 Å². The van der Waals surface area contributed by atoms with Crippen LogP contribution in [0, 0.1) is 5.41 Å². The van der Waals surface area contributed by atoms with Gasteiger partial charge in [-0.3, -0.25) is 14.9 Å². The number of fused-ring (bicyclic) bond motifs is 2. The van der Waals surface area contributed by atoms with E-state index in [-0.39, 0.29) is 11.2 Å². The van der Waals surface area contributed by atoms with Gasteiger partial charge in [-0.05, 0) is 61.2 Å². The SMILES string of the molecule is CC(=O)c1ccc(-c2cccc3[nH]c(-c4n[nH]c5ccc(-c6cncc(NC(O)CC(C)(C)C)c6)nc45)cc23)s1. The summed E-state index contributed by atoms with van der Waals surface area (Å²) >= 11 is 1.50. The van der Waals surface area contributed by atoms with E-state index in [1.807, 2.05) is 42.5 Å². The number of pyridine rings is 2. The fraction of sp³-hybridized carbons (Fsp3) is 0.226. The third kappa shape index (κ3) is 5.13. The fourth-order valence-electron chi connectivity index (χ4n) is 4.90. The van der Waals surface area contributed by atoms with Gasteiger partial charge in [0.15, 0.2) is 5.78 Å². The van der Waals surface area contributed by atoms with Crippen LogP contribution in [0.4, 0.5) is 5.69 Å². The molecule has 0 fully saturated rings. The lowest BCUT2D eigenvalue weighted by molar-refractivity contribution is 0.102. The van der Waals surface area contributed by atoms with E-state index < -0.39 is 6.23 Å². The lowest BCUT2D eigenvalue weighted by atomic mass is 9.91. The van der Waals surface area contributed by atoms with Gasteiger partial charge in [-0.2, -0.15) is 5.10 Å². The third-order valence-corrected chi connectivity index (χ3v) is 7.94. The maximum Gasteiger partial charge on any atom is 0.169 e. The summed E-state index contributed by atoms with van der Waals surface area (Å²) in [5.74, 6) is 0.0701. The van der Waals surface area contributed by atoms with Gasteiger partial charge < -0.3 is 15.4 Å². The van der Waals surface area contributed by atoms with Crippen molar-refractivity contribution in [1.82, 2.24) is 25.1 Å². The Kier molecular flexibility index (Phi) is 6.48. The molecule has 0 amide bonds. The highest BCUT2D eigenvalue weighted by molar-refractivity contribution is 7.17. The first kappa shape index (κ1) is 25.9. The molecule has 0 aliphatic rings. The van der Waals surface area contributed by atoms with Crippen molar-refractivity contribution in [2.75, 3.05) is 5.32 Å². The van der Waals surface area contributed by atoms with E-state index in [0.29, 0.717) is 6.42 Å². The number of H-pyrrole nitrogens is 2. The van der Waals surface area contributed by atoms with E-state index in [1.54, 1.807) is 19.3 Å². The first-order valence-electron chi connectivity index (χ1n) is 13.1. The third-order valence-electron chi connectivity index (χ3n) is 6.72. The standard InChI is InChI=1S/C31H30N6O2S/c1-17(38)26-10-11-27(40-26)20-6-5-7-23-21(20)13-25(34-23)30-29-24(36-37-30)9-8-22(35-29)18-12-19(16-32-15-18)33-28(39)14-31(2,3)4/h5-13,15-16,28,33-34,39H,14H2,1-4H3,(H,36,37). The molecule has 5 aromatic heterocycles. The molecule has 0 spiro atoms. The van der Waals surface area contributed by atoms with E-state index >= 15 is 0 Å². The van der Waals surface area contributed by atoms with Crippen LogP contribution in [-0.4, -0.2) is 42.3 Å². The van der Waals surface area contributed by atoms with Crippen LogP contribution in [0.15, 0.2) is 67.0 Å². The van der Waals surface area contributed by atoms with Crippen molar-refractivity contribution in [2.45, 2.75) is 40.3 Å². The maximum atomic E-state index is 11.9. The molecule has 1 aromatic carbocycles. The minimum absolute atomic E-state index is 0.00756. The molecule has 0 saturated carbocycles. The number of nitrogens with zero attached hydrogens (tertiary/aromatic N) is 3. The molecular weight excluding hydrogens is 520 g/mol. The average Bonchev–Trinajstić information content (AvgIpc) is 3.65. The number of ketones is 1. The number of anilines is 1. The molecule has 6 rings (SSSR count). The normalized spacial score (nSPS) is 12.7. The largest absolute Gasteiger partial charge is 0.374 e. The predicted molar refractivity (Wildman–Crippen MR) is 161 cm³/mol. The second kappa shape index (κ2) is 10.0. The van der Waals surface area contributed by atoms with Crippen LogP contribution in [-0.2, 0) is 0 Å². The molecular formula is C31H30N6O2S. The highest BCUT2D eigenvalue weighted by Gasteiger charge is 2.18. The molecule has 0 bridgehead atoms. The summed E-state index contributed by atoms with van der Waals surface area (Å²) in [5, 5.41) is 22.4. The number of carbonyl (C=O) groups is 1. The Bertz CT molecular complexity index is 1860. The highest BCUT2D eigenvalue weighted by Crippen LogP contribution is 2.37. The second-order valence-electron chi connectivity index (χ2n) is 11.2. The lowest BCUT2D eigenvalue weighted by Crippen LogP contribution is -2.25. The Morgan fingerprint density at radius 2 is 1.93 bits per heavy atom. The van der Waals surface area contributed by atoms with Gasteiger partial charge in [0.2, 0.25) is 0 Å². The Morgan fingerprint density at radius 1 is 1.07 bits per heavy atom. The fourth-order valence-corrected chi connectivity index (χ4v) is 5.84. The van der Waals surface area contributed by atoms with Gasteiger partial charge in [0.25, 0.3) is 0 Å². The van der Waals surface area contributed by atoms with E-state index in [9.17, 15) is 9.90 Å². The number of carbonyl (C=O) groups excluding carboxylic acids is 1. The van der Waals surface area contributed by atoms with Crippen LogP contribution >= 0.6 is 11.3 Å². The van der Waals surface area contributed by atoms with E-state index in [2.05, 4.69) is 58.4 Å². The Morgan fingerprint density at radius 3 is 2.70 bits per heavy atom. The number of aliphatic hydroxyl groups is 1. The highest BCUT2D eigenvalue weighted by atomic mass is 32.1. The van der Waals surface area contributed by atoms with Crippen molar-refractivity contribution < 1.29 is 9.90 Å². The molecule has 0 aliphatic carbocycles. The zero-order chi connectivity index (χ0) is 28.0. The van der Waals surface area contributed by atoms with E-state index in [4.69, 9.17) is 4.98 Å². The van der Waals surface area contributed by atoms with Gasteiger partial charge in [-0.25, -0.2) is 4.98 Å². The molecule has 9 heteroatoms. The van der Waals surface area contributed by atoms with Crippen molar-refractivity contribution >= 4 is 44.7 Å². The number of hydrogen-bond acceptors (Lipinski definition) is 7. The number of aliphatic hydroxyl groups excluding tert-OH is 1. The summed E-state index contributed by atoms with van der Waals surface area (Å²) in [7, 11) is 0. The zero-order valence-electron chi connectivity index (χ0n) is 22.7. The molecule has 202 valence electrons. The smallest absolute Gasteiger partial charge is 0.169 e. The molecule has 0 radical (unpaired) electrons.